The lowest BCUT2D eigenvalue weighted by Crippen LogP contribution is -2.12. The molecule has 4 nitrogen and oxygen atoms in total. The van der Waals surface area contributed by atoms with Crippen LogP contribution in [-0.4, -0.2) is 22.6 Å². The first-order valence-electron chi connectivity index (χ1n) is 6.44. The molecule has 1 unspecified atom stereocenters. The van der Waals surface area contributed by atoms with Crippen LogP contribution in [0, 0.1) is 0 Å². The van der Waals surface area contributed by atoms with Gasteiger partial charge in [-0.2, -0.15) is 0 Å². The van der Waals surface area contributed by atoms with E-state index < -0.39 is 5.97 Å². The van der Waals surface area contributed by atoms with Gasteiger partial charge < -0.3 is 10.4 Å². The van der Waals surface area contributed by atoms with E-state index in [9.17, 15) is 0 Å². The number of fused-ring (bicyclic) bond motifs is 1. The maximum absolute atomic E-state index is 9.00. The summed E-state index contributed by atoms with van der Waals surface area (Å²) in [5.41, 5.74) is 2.48. The van der Waals surface area contributed by atoms with Gasteiger partial charge in [-0.15, -0.1) is 0 Å². The average Bonchev–Trinajstić information content (AvgIpc) is 2.91. The summed E-state index contributed by atoms with van der Waals surface area (Å²) < 4.78 is 0. The molecule has 1 saturated heterocycles. The number of nitrogens with zero attached hydrogens (tertiary/aromatic N) is 1. The summed E-state index contributed by atoms with van der Waals surface area (Å²) in [6.45, 7) is 2.23. The molecule has 2 N–H and O–H groups in total. The van der Waals surface area contributed by atoms with Crippen molar-refractivity contribution in [3.63, 3.8) is 0 Å². The van der Waals surface area contributed by atoms with Crippen LogP contribution in [0.5, 0.6) is 0 Å². The van der Waals surface area contributed by atoms with Crippen LogP contribution >= 0.6 is 0 Å². The minimum absolute atomic E-state index is 0.551. The molecule has 1 aliphatic heterocycles. The zero-order chi connectivity index (χ0) is 13.7. The van der Waals surface area contributed by atoms with E-state index in [0.717, 1.165) is 19.0 Å². The van der Waals surface area contributed by atoms with E-state index in [0.29, 0.717) is 6.04 Å². The highest BCUT2D eigenvalue weighted by Crippen LogP contribution is 2.25. The maximum atomic E-state index is 9.00. The predicted molar refractivity (Wildman–Crippen MR) is 75.0 cm³/mol. The molecule has 0 amide bonds. The van der Waals surface area contributed by atoms with Gasteiger partial charge in [-0.3, -0.25) is 9.78 Å². The molecule has 0 saturated carbocycles. The Morgan fingerprint density at radius 3 is 2.89 bits per heavy atom. The van der Waals surface area contributed by atoms with Gasteiger partial charge in [0, 0.05) is 24.5 Å². The minimum atomic E-state index is -0.833. The summed E-state index contributed by atoms with van der Waals surface area (Å²) in [5.74, 6) is -0.833. The quantitative estimate of drug-likeness (QED) is 0.825. The van der Waals surface area contributed by atoms with Crippen molar-refractivity contribution in [3.05, 3.63) is 42.1 Å². The fourth-order valence-corrected chi connectivity index (χ4v) is 2.28. The van der Waals surface area contributed by atoms with Gasteiger partial charge in [-0.25, -0.2) is 0 Å². The number of carboxylic acid groups (broad SMARTS) is 1. The average molecular weight is 258 g/mol. The standard InChI is InChI=1S/C13H14N2.C2H4O2/c1-3-10-9-11(12-4-2-8-14-12)5-6-13(10)15-7-1;1-2(3)4/h1,3,5-7,9,12,14H,2,4,8H2;1H3,(H,3,4). The first-order valence-corrected chi connectivity index (χ1v) is 6.44. The van der Waals surface area contributed by atoms with E-state index in [1.165, 1.54) is 23.8 Å². The number of pyridine rings is 1. The second-order valence-corrected chi connectivity index (χ2v) is 4.62. The highest BCUT2D eigenvalue weighted by molar-refractivity contribution is 5.79. The molecule has 0 radical (unpaired) electrons. The lowest BCUT2D eigenvalue weighted by molar-refractivity contribution is -0.134. The molecule has 100 valence electrons. The third-order valence-corrected chi connectivity index (χ3v) is 3.09. The zero-order valence-electron chi connectivity index (χ0n) is 11.0. The van der Waals surface area contributed by atoms with E-state index in [1.54, 1.807) is 0 Å². The van der Waals surface area contributed by atoms with E-state index in [4.69, 9.17) is 9.90 Å². The molecule has 3 rings (SSSR count). The van der Waals surface area contributed by atoms with Gasteiger partial charge in [-0.1, -0.05) is 12.1 Å². The van der Waals surface area contributed by atoms with Gasteiger partial charge in [0.1, 0.15) is 0 Å². The van der Waals surface area contributed by atoms with Crippen molar-refractivity contribution >= 4 is 16.9 Å². The summed E-state index contributed by atoms with van der Waals surface area (Å²) in [6.07, 6.45) is 4.39. The molecule has 1 aromatic carbocycles. The first kappa shape index (κ1) is 13.5. The fourth-order valence-electron chi connectivity index (χ4n) is 2.28. The van der Waals surface area contributed by atoms with E-state index >= 15 is 0 Å². The Bertz CT molecular complexity index is 559. The number of hydrogen-bond donors (Lipinski definition) is 2. The largest absolute Gasteiger partial charge is 0.481 e. The third kappa shape index (κ3) is 3.76. The predicted octanol–water partition coefficient (Wildman–Crippen LogP) is 2.75. The molecular formula is C15H18N2O2. The lowest BCUT2D eigenvalue weighted by atomic mass is 10.0. The third-order valence-electron chi connectivity index (χ3n) is 3.09. The van der Waals surface area contributed by atoms with Crippen molar-refractivity contribution in [1.82, 2.24) is 10.3 Å². The van der Waals surface area contributed by atoms with Gasteiger partial charge in [0.15, 0.2) is 0 Å². The summed E-state index contributed by atoms with van der Waals surface area (Å²) in [5, 5.41) is 12.2. The SMILES string of the molecule is CC(=O)O.c1cnc2ccc(C3CCCN3)cc2c1. The lowest BCUT2D eigenvalue weighted by Gasteiger charge is -2.10. The van der Waals surface area contributed by atoms with Crippen LogP contribution in [0.1, 0.15) is 31.4 Å². The zero-order valence-corrected chi connectivity index (χ0v) is 11.0. The van der Waals surface area contributed by atoms with Crippen LogP contribution in [0.4, 0.5) is 0 Å². The summed E-state index contributed by atoms with van der Waals surface area (Å²) in [6, 6.07) is 11.2. The first-order chi connectivity index (χ1) is 9.16. The van der Waals surface area contributed by atoms with Gasteiger partial charge >= 0.3 is 0 Å². The van der Waals surface area contributed by atoms with E-state index in [1.807, 2.05) is 12.3 Å². The van der Waals surface area contributed by atoms with Crippen molar-refractivity contribution < 1.29 is 9.90 Å². The van der Waals surface area contributed by atoms with Crippen LogP contribution in [0.2, 0.25) is 0 Å². The topological polar surface area (TPSA) is 62.2 Å². The minimum Gasteiger partial charge on any atom is -0.481 e. The molecule has 2 aromatic rings. The Balaban J connectivity index is 0.000000297. The number of nitrogens with one attached hydrogen (secondary N) is 1. The highest BCUT2D eigenvalue weighted by atomic mass is 16.4. The van der Waals surface area contributed by atoms with Gasteiger partial charge in [0.2, 0.25) is 0 Å². The Hall–Kier alpha value is -1.94. The molecule has 4 heteroatoms. The molecule has 2 heterocycles. The smallest absolute Gasteiger partial charge is 0.300 e. The number of aromatic nitrogens is 1. The molecule has 0 spiro atoms. The molecule has 1 aliphatic rings. The van der Waals surface area contributed by atoms with Gasteiger partial charge in [0.25, 0.3) is 5.97 Å². The van der Waals surface area contributed by atoms with Crippen molar-refractivity contribution in [1.29, 1.82) is 0 Å². The number of carboxylic acids is 1. The summed E-state index contributed by atoms with van der Waals surface area (Å²) in [4.78, 5) is 13.3. The number of hydrogen-bond acceptors (Lipinski definition) is 3. The molecule has 0 bridgehead atoms. The van der Waals surface area contributed by atoms with Gasteiger partial charge in [0.05, 0.1) is 5.52 Å². The second kappa shape index (κ2) is 6.29. The van der Waals surface area contributed by atoms with E-state index in [-0.39, 0.29) is 0 Å². The Morgan fingerprint density at radius 1 is 1.42 bits per heavy atom. The van der Waals surface area contributed by atoms with Crippen LogP contribution < -0.4 is 5.32 Å². The molecule has 1 aromatic heterocycles. The number of rotatable bonds is 1. The Kier molecular flexibility index (Phi) is 4.47. The molecule has 0 aliphatic carbocycles. The molecule has 1 atom stereocenters. The van der Waals surface area contributed by atoms with Crippen molar-refractivity contribution in [2.45, 2.75) is 25.8 Å². The summed E-state index contributed by atoms with van der Waals surface area (Å²) >= 11 is 0. The Labute approximate surface area is 112 Å². The van der Waals surface area contributed by atoms with Crippen molar-refractivity contribution in [3.8, 4) is 0 Å². The fraction of sp³-hybridized carbons (Fsp3) is 0.333. The Morgan fingerprint density at radius 2 is 2.21 bits per heavy atom. The maximum Gasteiger partial charge on any atom is 0.300 e. The van der Waals surface area contributed by atoms with Crippen LogP contribution in [-0.2, 0) is 4.79 Å². The highest BCUT2D eigenvalue weighted by Gasteiger charge is 2.15. The second-order valence-electron chi connectivity index (χ2n) is 4.62. The normalized spacial score (nSPS) is 17.8. The van der Waals surface area contributed by atoms with Gasteiger partial charge in [-0.05, 0) is 43.1 Å². The number of carbonyl (C=O) groups is 1. The van der Waals surface area contributed by atoms with Crippen LogP contribution in [0.3, 0.4) is 0 Å². The molecule has 19 heavy (non-hydrogen) atoms. The number of aliphatic carboxylic acids is 1. The van der Waals surface area contributed by atoms with Crippen LogP contribution in [0.25, 0.3) is 10.9 Å². The van der Waals surface area contributed by atoms with Crippen molar-refractivity contribution in [2.24, 2.45) is 0 Å². The molecule has 1 fully saturated rings. The number of benzene rings is 1. The van der Waals surface area contributed by atoms with Crippen molar-refractivity contribution in [2.75, 3.05) is 6.54 Å². The molecular weight excluding hydrogens is 240 g/mol. The monoisotopic (exact) mass is 258 g/mol. The summed E-state index contributed by atoms with van der Waals surface area (Å²) in [7, 11) is 0. The van der Waals surface area contributed by atoms with Crippen LogP contribution in [0.15, 0.2) is 36.5 Å². The van der Waals surface area contributed by atoms with E-state index in [2.05, 4.69) is 34.6 Å².